The lowest BCUT2D eigenvalue weighted by molar-refractivity contribution is 0.0793. The number of benzene rings is 2. The molecule has 0 bridgehead atoms. The zero-order valence-corrected chi connectivity index (χ0v) is 14.8. The normalized spacial score (nSPS) is 14.1. The Hall–Kier alpha value is -3.24. The van der Waals surface area contributed by atoms with Gasteiger partial charge in [0.1, 0.15) is 0 Å². The quantitative estimate of drug-likeness (QED) is 0.866. The van der Waals surface area contributed by atoms with Crippen molar-refractivity contribution in [3.05, 3.63) is 65.2 Å². The molecule has 1 unspecified atom stereocenters. The van der Waals surface area contributed by atoms with Crippen molar-refractivity contribution in [3.8, 4) is 17.9 Å². The highest BCUT2D eigenvalue weighted by Gasteiger charge is 2.18. The molecule has 1 N–H and O–H groups in total. The van der Waals surface area contributed by atoms with Crippen LogP contribution in [-0.2, 0) is 0 Å². The minimum atomic E-state index is -0.0335. The number of likely N-dealkylation sites (tertiary alicyclic amines) is 1. The van der Waals surface area contributed by atoms with E-state index in [2.05, 4.69) is 23.2 Å². The summed E-state index contributed by atoms with van der Waals surface area (Å²) in [7, 11) is 0. The molecule has 26 heavy (non-hydrogen) atoms. The van der Waals surface area contributed by atoms with Crippen LogP contribution in [0.25, 0.3) is 0 Å². The number of hydrogen-bond acceptors (Lipinski definition) is 3. The first-order valence-electron chi connectivity index (χ1n) is 8.83. The Labute approximate surface area is 154 Å². The highest BCUT2D eigenvalue weighted by atomic mass is 16.2. The number of amides is 1. The Morgan fingerprint density at radius 2 is 1.65 bits per heavy atom. The lowest BCUT2D eigenvalue weighted by Gasteiger charge is -2.14. The summed E-state index contributed by atoms with van der Waals surface area (Å²) < 4.78 is 0. The van der Waals surface area contributed by atoms with E-state index in [0.717, 1.165) is 42.7 Å². The number of nitrogens with one attached hydrogen (secondary N) is 1. The maximum atomic E-state index is 12.3. The van der Waals surface area contributed by atoms with Gasteiger partial charge in [0.15, 0.2) is 0 Å². The topological polar surface area (TPSA) is 56.1 Å². The molecular formula is C22H21N3O. The van der Waals surface area contributed by atoms with Crippen LogP contribution < -0.4 is 5.32 Å². The molecule has 0 spiro atoms. The SMILES string of the molecule is CC(C#Cc1ccc(C(=O)N2CCCC2)cc1)Nc1ccc(C#N)cc1. The van der Waals surface area contributed by atoms with Crippen LogP contribution in [-0.4, -0.2) is 29.9 Å². The van der Waals surface area contributed by atoms with E-state index in [4.69, 9.17) is 5.26 Å². The average molecular weight is 343 g/mol. The summed E-state index contributed by atoms with van der Waals surface area (Å²) in [5.41, 5.74) is 3.17. The molecule has 3 rings (SSSR count). The van der Waals surface area contributed by atoms with E-state index >= 15 is 0 Å². The van der Waals surface area contributed by atoms with E-state index in [1.165, 1.54) is 0 Å². The van der Waals surface area contributed by atoms with Gasteiger partial charge >= 0.3 is 0 Å². The number of nitriles is 1. The van der Waals surface area contributed by atoms with Crippen molar-refractivity contribution in [1.29, 1.82) is 5.26 Å². The Morgan fingerprint density at radius 1 is 1.04 bits per heavy atom. The van der Waals surface area contributed by atoms with Crippen molar-refractivity contribution in [3.63, 3.8) is 0 Å². The van der Waals surface area contributed by atoms with Crippen LogP contribution in [0.3, 0.4) is 0 Å². The highest BCUT2D eigenvalue weighted by Crippen LogP contribution is 2.14. The average Bonchev–Trinajstić information content (AvgIpc) is 3.21. The second-order valence-corrected chi connectivity index (χ2v) is 6.40. The summed E-state index contributed by atoms with van der Waals surface area (Å²) in [5.74, 6) is 6.40. The van der Waals surface area contributed by atoms with Gasteiger partial charge in [0, 0.05) is 29.9 Å². The molecule has 1 amide bonds. The lowest BCUT2D eigenvalue weighted by Crippen LogP contribution is -2.27. The molecule has 0 saturated carbocycles. The number of nitrogens with zero attached hydrogens (tertiary/aromatic N) is 2. The summed E-state index contributed by atoms with van der Waals surface area (Å²) in [5, 5.41) is 12.1. The van der Waals surface area contributed by atoms with Crippen molar-refractivity contribution in [2.24, 2.45) is 0 Å². The van der Waals surface area contributed by atoms with Crippen molar-refractivity contribution in [1.82, 2.24) is 4.90 Å². The molecule has 1 fully saturated rings. The smallest absolute Gasteiger partial charge is 0.253 e. The minimum absolute atomic E-state index is 0.0335. The summed E-state index contributed by atoms with van der Waals surface area (Å²) in [4.78, 5) is 14.2. The molecule has 1 aliphatic heterocycles. The Balaban J connectivity index is 1.60. The van der Waals surface area contributed by atoms with Crippen molar-refractivity contribution in [2.45, 2.75) is 25.8 Å². The van der Waals surface area contributed by atoms with E-state index < -0.39 is 0 Å². The van der Waals surface area contributed by atoms with Crippen LogP contribution in [0.5, 0.6) is 0 Å². The maximum Gasteiger partial charge on any atom is 0.253 e. The molecule has 1 aliphatic rings. The second kappa shape index (κ2) is 8.23. The minimum Gasteiger partial charge on any atom is -0.372 e. The zero-order chi connectivity index (χ0) is 18.4. The van der Waals surface area contributed by atoms with Gasteiger partial charge in [0.2, 0.25) is 0 Å². The number of carbonyl (C=O) groups excluding carboxylic acids is 1. The van der Waals surface area contributed by atoms with E-state index in [1.807, 2.05) is 48.2 Å². The lowest BCUT2D eigenvalue weighted by atomic mass is 10.1. The number of anilines is 1. The number of carbonyl (C=O) groups is 1. The van der Waals surface area contributed by atoms with Gasteiger partial charge in [-0.15, -0.1) is 0 Å². The van der Waals surface area contributed by atoms with E-state index in [9.17, 15) is 4.79 Å². The van der Waals surface area contributed by atoms with E-state index in [-0.39, 0.29) is 11.9 Å². The fourth-order valence-corrected chi connectivity index (χ4v) is 2.92. The van der Waals surface area contributed by atoms with Gasteiger partial charge in [-0.3, -0.25) is 4.79 Å². The Kier molecular flexibility index (Phi) is 5.56. The largest absolute Gasteiger partial charge is 0.372 e. The van der Waals surface area contributed by atoms with Crippen LogP contribution in [0, 0.1) is 23.2 Å². The molecule has 2 aromatic carbocycles. The van der Waals surface area contributed by atoms with Crippen LogP contribution in [0.2, 0.25) is 0 Å². The van der Waals surface area contributed by atoms with Gasteiger partial charge in [-0.2, -0.15) is 5.26 Å². The third kappa shape index (κ3) is 4.43. The third-order valence-corrected chi connectivity index (χ3v) is 4.36. The molecule has 130 valence electrons. The zero-order valence-electron chi connectivity index (χ0n) is 14.8. The maximum absolute atomic E-state index is 12.3. The van der Waals surface area contributed by atoms with Gasteiger partial charge in [-0.1, -0.05) is 11.8 Å². The molecule has 1 atom stereocenters. The predicted molar refractivity (Wildman–Crippen MR) is 103 cm³/mol. The van der Waals surface area contributed by atoms with E-state index in [1.54, 1.807) is 12.1 Å². The first-order chi connectivity index (χ1) is 12.7. The van der Waals surface area contributed by atoms with E-state index in [0.29, 0.717) is 5.56 Å². The Morgan fingerprint density at radius 3 is 2.27 bits per heavy atom. The van der Waals surface area contributed by atoms with Gasteiger partial charge in [0.25, 0.3) is 5.91 Å². The fourth-order valence-electron chi connectivity index (χ4n) is 2.92. The highest BCUT2D eigenvalue weighted by molar-refractivity contribution is 5.94. The fraction of sp³-hybridized carbons (Fsp3) is 0.273. The van der Waals surface area contributed by atoms with Gasteiger partial charge < -0.3 is 10.2 Å². The van der Waals surface area contributed by atoms with Gasteiger partial charge in [-0.05, 0) is 68.3 Å². The van der Waals surface area contributed by atoms with Crippen molar-refractivity contribution >= 4 is 11.6 Å². The molecule has 4 heteroatoms. The Bertz CT molecular complexity index is 861. The summed E-state index contributed by atoms with van der Waals surface area (Å²) >= 11 is 0. The monoisotopic (exact) mass is 343 g/mol. The third-order valence-electron chi connectivity index (χ3n) is 4.36. The first-order valence-corrected chi connectivity index (χ1v) is 8.83. The molecule has 0 aromatic heterocycles. The molecule has 1 saturated heterocycles. The summed E-state index contributed by atoms with van der Waals surface area (Å²) in [6.07, 6.45) is 2.19. The molecular weight excluding hydrogens is 322 g/mol. The van der Waals surface area contributed by atoms with Gasteiger partial charge in [0.05, 0.1) is 17.7 Å². The first kappa shape index (κ1) is 17.6. The number of rotatable bonds is 3. The molecule has 0 radical (unpaired) electrons. The van der Waals surface area contributed by atoms with Crippen LogP contribution in [0.4, 0.5) is 5.69 Å². The van der Waals surface area contributed by atoms with Crippen LogP contribution >= 0.6 is 0 Å². The summed E-state index contributed by atoms with van der Waals surface area (Å²) in [6.45, 7) is 3.70. The predicted octanol–water partition coefficient (Wildman–Crippen LogP) is 3.65. The van der Waals surface area contributed by atoms with Crippen molar-refractivity contribution in [2.75, 3.05) is 18.4 Å². The van der Waals surface area contributed by atoms with Crippen LogP contribution in [0.15, 0.2) is 48.5 Å². The van der Waals surface area contributed by atoms with Crippen LogP contribution in [0.1, 0.15) is 41.3 Å². The standard InChI is InChI=1S/C22H21N3O/c1-17(24-21-12-8-19(16-23)9-13-21)4-5-18-6-10-20(11-7-18)22(26)25-14-2-3-15-25/h6-13,17,24H,2-3,14-15H2,1H3. The van der Waals surface area contributed by atoms with Gasteiger partial charge in [-0.25, -0.2) is 0 Å². The molecule has 1 heterocycles. The summed E-state index contributed by atoms with van der Waals surface area (Å²) in [6, 6.07) is 16.9. The number of hydrogen-bond donors (Lipinski definition) is 1. The second-order valence-electron chi connectivity index (χ2n) is 6.40. The molecule has 0 aliphatic carbocycles. The molecule has 2 aromatic rings. The van der Waals surface area contributed by atoms with Crippen molar-refractivity contribution < 1.29 is 4.79 Å². The molecule has 4 nitrogen and oxygen atoms in total.